The molecule has 7 nitrogen and oxygen atoms in total. The van der Waals surface area contributed by atoms with E-state index in [1.54, 1.807) is 6.20 Å². The second kappa shape index (κ2) is 8.15. The fraction of sp³-hybridized carbons (Fsp3) is 0.462. The van der Waals surface area contributed by atoms with Gasteiger partial charge in [-0.25, -0.2) is 4.98 Å². The van der Waals surface area contributed by atoms with Crippen molar-refractivity contribution in [2.45, 2.75) is 69.8 Å². The molecule has 2 aliphatic carbocycles. The summed E-state index contributed by atoms with van der Waals surface area (Å²) >= 11 is 0. The van der Waals surface area contributed by atoms with Crippen LogP contribution >= 0.6 is 0 Å². The Morgan fingerprint density at radius 2 is 1.91 bits per heavy atom. The second-order valence-electron chi connectivity index (χ2n) is 9.60. The van der Waals surface area contributed by atoms with Crippen LogP contribution < -0.4 is 9.64 Å². The van der Waals surface area contributed by atoms with Gasteiger partial charge < -0.3 is 19.8 Å². The lowest BCUT2D eigenvalue weighted by Crippen LogP contribution is -2.43. The Balaban J connectivity index is 1.29. The highest BCUT2D eigenvalue weighted by molar-refractivity contribution is 5.65. The molecule has 172 valence electrons. The van der Waals surface area contributed by atoms with E-state index in [4.69, 9.17) is 4.74 Å². The predicted molar refractivity (Wildman–Crippen MR) is 126 cm³/mol. The molecule has 7 heteroatoms. The molecule has 1 aromatic carbocycles. The third-order valence-corrected chi connectivity index (χ3v) is 7.66. The van der Waals surface area contributed by atoms with Crippen molar-refractivity contribution < 1.29 is 14.9 Å². The van der Waals surface area contributed by atoms with Gasteiger partial charge in [0.15, 0.2) is 0 Å². The summed E-state index contributed by atoms with van der Waals surface area (Å²) in [6.07, 6.45) is 7.07. The van der Waals surface area contributed by atoms with Crippen LogP contribution in [0, 0.1) is 6.92 Å². The van der Waals surface area contributed by atoms with E-state index in [0.717, 1.165) is 55.1 Å². The maximum absolute atomic E-state index is 11.0. The average Bonchev–Trinajstić information content (AvgIpc) is 3.56. The van der Waals surface area contributed by atoms with Crippen molar-refractivity contribution in [1.29, 1.82) is 0 Å². The maximum atomic E-state index is 11.0. The van der Waals surface area contributed by atoms with E-state index in [-0.39, 0.29) is 6.04 Å². The van der Waals surface area contributed by atoms with Crippen LogP contribution in [0.2, 0.25) is 0 Å². The van der Waals surface area contributed by atoms with Gasteiger partial charge in [0.25, 0.3) is 0 Å². The van der Waals surface area contributed by atoms with Gasteiger partial charge in [-0.15, -0.1) is 0 Å². The molecule has 0 amide bonds. The van der Waals surface area contributed by atoms with Crippen molar-refractivity contribution in [3.63, 3.8) is 0 Å². The van der Waals surface area contributed by atoms with Gasteiger partial charge in [0.2, 0.25) is 0 Å². The van der Waals surface area contributed by atoms with Crippen molar-refractivity contribution >= 4 is 5.82 Å². The van der Waals surface area contributed by atoms with Crippen molar-refractivity contribution in [2.75, 3.05) is 11.4 Å². The summed E-state index contributed by atoms with van der Waals surface area (Å²) in [6, 6.07) is 8.06. The average molecular weight is 447 g/mol. The maximum Gasteiger partial charge on any atom is 0.132 e. The number of hydrogen-bond acceptors (Lipinski definition) is 6. The fourth-order valence-electron chi connectivity index (χ4n) is 5.85. The van der Waals surface area contributed by atoms with E-state index < -0.39 is 18.3 Å². The summed E-state index contributed by atoms with van der Waals surface area (Å²) in [6.45, 7) is 2.91. The van der Waals surface area contributed by atoms with Crippen LogP contribution in [0.4, 0.5) is 5.82 Å². The minimum Gasteiger partial charge on any atom is -0.487 e. The molecule has 0 saturated heterocycles. The summed E-state index contributed by atoms with van der Waals surface area (Å²) in [7, 11) is 0. The number of nitrogens with one attached hydrogen (secondary N) is 1. The number of aromatic amines is 1. The van der Waals surface area contributed by atoms with Gasteiger partial charge in [-0.3, -0.25) is 5.10 Å². The van der Waals surface area contributed by atoms with E-state index in [1.807, 2.05) is 18.3 Å². The number of benzene rings is 1. The molecule has 2 aromatic heterocycles. The van der Waals surface area contributed by atoms with Crippen LogP contribution in [0.15, 0.2) is 36.7 Å². The number of aromatic nitrogens is 3. The van der Waals surface area contributed by atoms with Gasteiger partial charge in [0.05, 0.1) is 11.7 Å². The molecule has 0 bridgehead atoms. The van der Waals surface area contributed by atoms with Crippen molar-refractivity contribution in [2.24, 2.45) is 0 Å². The smallest absolute Gasteiger partial charge is 0.132 e. The molecular weight excluding hydrogens is 416 g/mol. The highest BCUT2D eigenvalue weighted by Gasteiger charge is 2.47. The molecule has 4 unspecified atom stereocenters. The summed E-state index contributed by atoms with van der Waals surface area (Å²) in [5.41, 5.74) is 7.00. The monoisotopic (exact) mass is 446 g/mol. The number of H-pyrrole nitrogens is 1. The van der Waals surface area contributed by atoms with E-state index in [1.165, 1.54) is 28.7 Å². The van der Waals surface area contributed by atoms with Gasteiger partial charge in [-0.1, -0.05) is 0 Å². The minimum atomic E-state index is -0.945. The van der Waals surface area contributed by atoms with Gasteiger partial charge >= 0.3 is 0 Å². The number of hydrogen-bond donors (Lipinski definition) is 3. The first-order chi connectivity index (χ1) is 16.1. The molecular formula is C26H30N4O3. The second-order valence-corrected chi connectivity index (χ2v) is 9.60. The first-order valence-electron chi connectivity index (χ1n) is 12.0. The molecule has 3 aliphatic rings. The largest absolute Gasteiger partial charge is 0.487 e. The molecule has 0 spiro atoms. The van der Waals surface area contributed by atoms with Crippen molar-refractivity contribution in [3.05, 3.63) is 58.9 Å². The normalized spacial score (nSPS) is 26.3. The number of nitrogens with zero attached hydrogens (tertiary/aromatic N) is 3. The zero-order valence-corrected chi connectivity index (χ0v) is 18.9. The minimum absolute atomic E-state index is 0.216. The molecule has 33 heavy (non-hydrogen) atoms. The number of pyridine rings is 1. The molecule has 3 aromatic rings. The molecule has 0 radical (unpaired) electrons. The number of ether oxygens (including phenoxy) is 1. The van der Waals surface area contributed by atoms with E-state index >= 15 is 0 Å². The van der Waals surface area contributed by atoms with Gasteiger partial charge in [-0.05, 0) is 85.5 Å². The highest BCUT2D eigenvalue weighted by atomic mass is 16.5. The van der Waals surface area contributed by atoms with Gasteiger partial charge in [-0.2, -0.15) is 5.10 Å². The van der Waals surface area contributed by atoms with Crippen LogP contribution in [-0.2, 0) is 19.3 Å². The molecule has 1 fully saturated rings. The Kier molecular flexibility index (Phi) is 5.11. The van der Waals surface area contributed by atoms with Gasteiger partial charge in [0, 0.05) is 30.9 Å². The molecule has 3 N–H and O–H groups in total. The van der Waals surface area contributed by atoms with Gasteiger partial charge in [0.1, 0.15) is 29.9 Å². The number of aliphatic hydroxyl groups is 2. The van der Waals surface area contributed by atoms with E-state index in [2.05, 4.69) is 39.1 Å². The zero-order valence-electron chi connectivity index (χ0n) is 18.9. The lowest BCUT2D eigenvalue weighted by molar-refractivity contribution is -0.0122. The Morgan fingerprint density at radius 1 is 1.03 bits per heavy atom. The zero-order chi connectivity index (χ0) is 22.5. The topological polar surface area (TPSA) is 94.5 Å². The summed E-state index contributed by atoms with van der Waals surface area (Å²) < 4.78 is 6.51. The Morgan fingerprint density at radius 3 is 2.76 bits per heavy atom. The van der Waals surface area contributed by atoms with Crippen LogP contribution in [0.1, 0.15) is 41.5 Å². The predicted octanol–water partition coefficient (Wildman–Crippen LogP) is 2.96. The van der Waals surface area contributed by atoms with Crippen LogP contribution in [-0.4, -0.2) is 56.3 Å². The lowest BCUT2D eigenvalue weighted by Gasteiger charge is -2.28. The standard InChI is InChI=1S/C26H30N4O3/c1-15-6-9-27-26-18(15)8-11-30(26)21-14-23(25(32)24(21)31)33-22-13-17(20-7-10-28-29-20)12-16-4-2-3-5-19(16)22/h6-7,9-10,12-13,21,23-25,31-32H,2-5,8,11,14H2,1H3,(H,28,29). The van der Waals surface area contributed by atoms with Crippen molar-refractivity contribution in [3.8, 4) is 17.0 Å². The van der Waals surface area contributed by atoms with Crippen LogP contribution in [0.3, 0.4) is 0 Å². The van der Waals surface area contributed by atoms with Crippen LogP contribution in [0.25, 0.3) is 11.3 Å². The van der Waals surface area contributed by atoms with Crippen LogP contribution in [0.5, 0.6) is 5.75 Å². The number of aliphatic hydroxyl groups excluding tert-OH is 2. The SMILES string of the molecule is Cc1ccnc2c1CCN2C1CC(Oc2cc(-c3ccn[nH]3)cc3c2CCCC3)C(O)C1O. The summed E-state index contributed by atoms with van der Waals surface area (Å²) in [5.74, 6) is 1.76. The fourth-order valence-corrected chi connectivity index (χ4v) is 5.85. The number of anilines is 1. The summed E-state index contributed by atoms with van der Waals surface area (Å²) in [4.78, 5) is 6.76. The molecule has 1 saturated carbocycles. The summed E-state index contributed by atoms with van der Waals surface area (Å²) in [5, 5.41) is 29.1. The lowest BCUT2D eigenvalue weighted by atomic mass is 9.89. The number of rotatable bonds is 4. The molecule has 1 aliphatic heterocycles. The van der Waals surface area contributed by atoms with Crippen molar-refractivity contribution in [1.82, 2.24) is 15.2 Å². The first kappa shape index (κ1) is 20.7. The van der Waals surface area contributed by atoms with E-state index in [9.17, 15) is 10.2 Å². The van der Waals surface area contributed by atoms with E-state index in [0.29, 0.717) is 6.42 Å². The Labute approximate surface area is 193 Å². The third-order valence-electron chi connectivity index (χ3n) is 7.66. The quantitative estimate of drug-likeness (QED) is 0.571. The Bertz CT molecular complexity index is 1160. The first-order valence-corrected chi connectivity index (χ1v) is 12.0. The Hall–Kier alpha value is -2.90. The number of aryl methyl sites for hydroxylation is 2. The molecule has 6 rings (SSSR count). The molecule has 4 atom stereocenters. The third kappa shape index (κ3) is 3.50. The number of fused-ring (bicyclic) bond motifs is 2. The highest BCUT2D eigenvalue weighted by Crippen LogP contribution is 2.39. The molecule has 3 heterocycles.